The molecule has 0 saturated heterocycles. The second-order valence-electron chi connectivity index (χ2n) is 13.2. The molecule has 0 aliphatic carbocycles. The molecular weight excluding hydrogens is 685 g/mol. The Kier molecular flexibility index (Phi) is 16.7. The standard InChI is InChI=1S/C40H50FN3O9/c1-6-8-15-22-42-35(45)31(43-36(46)32(24-27-16-11-9-12-17-27)44-39(49)53-40(3,4)5)25-29-20-21-33(52-34(41)38(48)50-7-2)30(23-29)37(47)51-26-28-18-13-10-14-19-28/h9-14,16-21,23,31-32,34H,6-8,15,22,24-26H2,1-5H3,(H,42,45)(H,43,46)(H,44,49)/t31-,32?,34?/m0/s1. The fraction of sp³-hybridized carbons (Fsp3) is 0.425. The van der Waals surface area contributed by atoms with Crippen LogP contribution in [0.15, 0.2) is 78.9 Å². The molecule has 0 heterocycles. The van der Waals surface area contributed by atoms with Crippen LogP contribution in [0.1, 0.15) is 80.9 Å². The van der Waals surface area contributed by atoms with Crippen molar-refractivity contribution in [3.63, 3.8) is 0 Å². The summed E-state index contributed by atoms with van der Waals surface area (Å²) in [5.41, 5.74) is 0.790. The molecule has 0 bridgehead atoms. The van der Waals surface area contributed by atoms with Crippen molar-refractivity contribution >= 4 is 29.8 Å². The van der Waals surface area contributed by atoms with Crippen LogP contribution >= 0.6 is 0 Å². The zero-order valence-corrected chi connectivity index (χ0v) is 30.9. The van der Waals surface area contributed by atoms with Crippen molar-refractivity contribution in [2.45, 2.75) is 97.4 Å². The first-order valence-electron chi connectivity index (χ1n) is 17.7. The predicted molar refractivity (Wildman–Crippen MR) is 196 cm³/mol. The molecule has 0 aliphatic heterocycles. The third-order valence-corrected chi connectivity index (χ3v) is 7.62. The molecule has 3 aromatic rings. The molecule has 3 rings (SSSR count). The Labute approximate surface area is 310 Å². The number of hydrogen-bond acceptors (Lipinski definition) is 9. The third kappa shape index (κ3) is 15.0. The molecule has 0 spiro atoms. The molecule has 3 aromatic carbocycles. The number of hydrogen-bond donors (Lipinski definition) is 3. The van der Waals surface area contributed by atoms with Gasteiger partial charge in [-0.2, -0.15) is 4.39 Å². The highest BCUT2D eigenvalue weighted by atomic mass is 19.1. The molecular formula is C40H50FN3O9. The van der Waals surface area contributed by atoms with Gasteiger partial charge in [-0.15, -0.1) is 0 Å². The summed E-state index contributed by atoms with van der Waals surface area (Å²) in [6, 6.07) is 19.7. The lowest BCUT2D eigenvalue weighted by Gasteiger charge is -2.25. The molecule has 53 heavy (non-hydrogen) atoms. The Balaban J connectivity index is 1.94. The van der Waals surface area contributed by atoms with Crippen molar-refractivity contribution in [2.24, 2.45) is 0 Å². The Morgan fingerprint density at radius 3 is 1.98 bits per heavy atom. The highest BCUT2D eigenvalue weighted by molar-refractivity contribution is 5.94. The maximum Gasteiger partial charge on any atom is 0.408 e. The molecule has 3 amide bonds. The van der Waals surface area contributed by atoms with Crippen LogP contribution in [-0.4, -0.2) is 67.0 Å². The van der Waals surface area contributed by atoms with Gasteiger partial charge in [-0.25, -0.2) is 14.4 Å². The molecule has 12 nitrogen and oxygen atoms in total. The SMILES string of the molecule is CCCCCNC(=O)[C@H](Cc1ccc(OC(F)C(=O)OCC)c(C(=O)OCc2ccccc2)c1)NC(=O)C(Cc1ccccc1)NC(=O)OC(C)(C)C. The van der Waals surface area contributed by atoms with Crippen LogP contribution in [0.3, 0.4) is 0 Å². The summed E-state index contributed by atoms with van der Waals surface area (Å²) in [4.78, 5) is 65.7. The van der Waals surface area contributed by atoms with E-state index in [1.807, 2.05) is 19.1 Å². The van der Waals surface area contributed by atoms with Crippen LogP contribution in [0.4, 0.5) is 9.18 Å². The quantitative estimate of drug-likeness (QED) is 0.0792. The minimum absolute atomic E-state index is 0.0827. The van der Waals surface area contributed by atoms with E-state index in [1.54, 1.807) is 69.3 Å². The topological polar surface area (TPSA) is 158 Å². The first-order chi connectivity index (χ1) is 25.3. The monoisotopic (exact) mass is 735 g/mol. The number of alkyl halides is 1. The lowest BCUT2D eigenvalue weighted by atomic mass is 10.0. The number of carbonyl (C=O) groups excluding carboxylic acids is 5. The summed E-state index contributed by atoms with van der Waals surface area (Å²) in [5.74, 6) is -3.58. The summed E-state index contributed by atoms with van der Waals surface area (Å²) >= 11 is 0. The molecule has 13 heteroatoms. The lowest BCUT2D eigenvalue weighted by molar-refractivity contribution is -0.159. The molecule has 286 valence electrons. The predicted octanol–water partition coefficient (Wildman–Crippen LogP) is 5.75. The van der Waals surface area contributed by atoms with Gasteiger partial charge in [0.25, 0.3) is 0 Å². The van der Waals surface area contributed by atoms with Crippen molar-refractivity contribution in [3.05, 3.63) is 101 Å². The van der Waals surface area contributed by atoms with E-state index in [0.29, 0.717) is 24.1 Å². The summed E-state index contributed by atoms with van der Waals surface area (Å²) in [5, 5.41) is 8.26. The van der Waals surface area contributed by atoms with Gasteiger partial charge in [-0.05, 0) is 62.9 Å². The average molecular weight is 736 g/mol. The van der Waals surface area contributed by atoms with Gasteiger partial charge in [0.15, 0.2) is 0 Å². The van der Waals surface area contributed by atoms with Crippen molar-refractivity contribution in [3.8, 4) is 5.75 Å². The summed E-state index contributed by atoms with van der Waals surface area (Å²) in [6.45, 7) is 8.81. The normalized spacial score (nSPS) is 12.7. The van der Waals surface area contributed by atoms with Crippen LogP contribution in [-0.2, 0) is 48.0 Å². The molecule has 0 aliphatic rings. The van der Waals surface area contributed by atoms with Crippen molar-refractivity contribution in [2.75, 3.05) is 13.2 Å². The van der Waals surface area contributed by atoms with Crippen LogP contribution in [0.5, 0.6) is 5.75 Å². The molecule has 0 saturated carbocycles. The number of alkyl carbamates (subject to hydrolysis) is 1. The maximum atomic E-state index is 14.7. The number of rotatable bonds is 19. The van der Waals surface area contributed by atoms with Crippen LogP contribution in [0.2, 0.25) is 0 Å². The fourth-order valence-corrected chi connectivity index (χ4v) is 5.07. The highest BCUT2D eigenvalue weighted by Gasteiger charge is 2.30. The Morgan fingerprint density at radius 1 is 0.736 bits per heavy atom. The van der Waals surface area contributed by atoms with Crippen molar-refractivity contribution in [1.82, 2.24) is 16.0 Å². The number of unbranched alkanes of at least 4 members (excludes halogenated alkanes) is 2. The van der Waals surface area contributed by atoms with E-state index < -0.39 is 53.9 Å². The van der Waals surface area contributed by atoms with Crippen LogP contribution in [0.25, 0.3) is 0 Å². The van der Waals surface area contributed by atoms with E-state index in [1.165, 1.54) is 25.1 Å². The van der Waals surface area contributed by atoms with E-state index >= 15 is 0 Å². The van der Waals surface area contributed by atoms with Crippen LogP contribution in [0, 0.1) is 0 Å². The Bertz CT molecular complexity index is 1650. The Hall–Kier alpha value is -5.46. The first-order valence-corrected chi connectivity index (χ1v) is 17.7. The number of halogens is 1. The number of amides is 3. The molecule has 2 unspecified atom stereocenters. The van der Waals surface area contributed by atoms with Gasteiger partial charge >= 0.3 is 24.4 Å². The average Bonchev–Trinajstić information content (AvgIpc) is 3.12. The highest BCUT2D eigenvalue weighted by Crippen LogP contribution is 2.25. The largest absolute Gasteiger partial charge is 0.461 e. The summed E-state index contributed by atoms with van der Waals surface area (Å²) in [7, 11) is 0. The van der Waals surface area contributed by atoms with Gasteiger partial charge in [0.1, 0.15) is 35.6 Å². The summed E-state index contributed by atoms with van der Waals surface area (Å²) < 4.78 is 35.5. The lowest BCUT2D eigenvalue weighted by Crippen LogP contribution is -2.55. The first kappa shape index (κ1) is 42.0. The van der Waals surface area contributed by atoms with E-state index in [0.717, 1.165) is 18.4 Å². The summed E-state index contributed by atoms with van der Waals surface area (Å²) in [6.07, 6.45) is -0.821. The van der Waals surface area contributed by atoms with E-state index in [2.05, 4.69) is 16.0 Å². The number of esters is 2. The molecule has 3 atom stereocenters. The van der Waals surface area contributed by atoms with Crippen molar-refractivity contribution < 1.29 is 47.3 Å². The van der Waals surface area contributed by atoms with Crippen molar-refractivity contribution in [1.29, 1.82) is 0 Å². The van der Waals surface area contributed by atoms with Gasteiger partial charge < -0.3 is 34.9 Å². The minimum atomic E-state index is -2.53. The van der Waals surface area contributed by atoms with Gasteiger partial charge in [0, 0.05) is 19.4 Å². The maximum absolute atomic E-state index is 14.7. The zero-order valence-electron chi connectivity index (χ0n) is 30.9. The number of ether oxygens (including phenoxy) is 4. The number of nitrogens with one attached hydrogen (secondary N) is 3. The van der Waals surface area contributed by atoms with E-state index in [4.69, 9.17) is 18.9 Å². The van der Waals surface area contributed by atoms with Gasteiger partial charge in [-0.1, -0.05) is 86.5 Å². The Morgan fingerprint density at radius 2 is 1.36 bits per heavy atom. The number of carbonyl (C=O) groups is 5. The van der Waals surface area contributed by atoms with E-state index in [-0.39, 0.29) is 37.4 Å². The van der Waals surface area contributed by atoms with Gasteiger partial charge in [0.05, 0.1) is 6.61 Å². The van der Waals surface area contributed by atoms with Crippen LogP contribution < -0.4 is 20.7 Å². The second kappa shape index (κ2) is 21.2. The fourth-order valence-electron chi connectivity index (χ4n) is 5.07. The zero-order chi connectivity index (χ0) is 38.8. The third-order valence-electron chi connectivity index (χ3n) is 7.62. The molecule has 0 fully saturated rings. The van der Waals surface area contributed by atoms with Gasteiger partial charge in [-0.3, -0.25) is 9.59 Å². The smallest absolute Gasteiger partial charge is 0.408 e. The molecule has 3 N–H and O–H groups in total. The second-order valence-corrected chi connectivity index (χ2v) is 13.2. The minimum Gasteiger partial charge on any atom is -0.461 e. The van der Waals surface area contributed by atoms with Gasteiger partial charge in [0.2, 0.25) is 11.8 Å². The molecule has 0 aromatic heterocycles. The molecule has 0 radical (unpaired) electrons. The van der Waals surface area contributed by atoms with E-state index in [9.17, 15) is 28.4 Å². The number of benzene rings is 3.